The third kappa shape index (κ3) is 4.27. The zero-order valence-electron chi connectivity index (χ0n) is 12.7. The third-order valence-corrected chi connectivity index (χ3v) is 4.13. The minimum absolute atomic E-state index is 0.0833. The molecule has 0 fully saturated rings. The molecule has 1 heterocycles. The highest BCUT2D eigenvalue weighted by atomic mass is 32.2. The summed E-state index contributed by atoms with van der Waals surface area (Å²) in [5.41, 5.74) is 0.517. The molecular formula is C14H18FN5OS. The molecule has 1 aromatic heterocycles. The molecule has 1 amide bonds. The van der Waals surface area contributed by atoms with Crippen LogP contribution in [-0.2, 0) is 4.79 Å². The lowest BCUT2D eigenvalue weighted by Crippen LogP contribution is -2.37. The second-order valence-electron chi connectivity index (χ2n) is 5.24. The van der Waals surface area contributed by atoms with Crippen LogP contribution in [0.2, 0.25) is 0 Å². The summed E-state index contributed by atoms with van der Waals surface area (Å²) in [5.74, 6) is 0.117. The summed E-state index contributed by atoms with van der Waals surface area (Å²) in [4.78, 5) is 11.9. The van der Waals surface area contributed by atoms with Gasteiger partial charge in [-0.15, -0.1) is 5.10 Å². The van der Waals surface area contributed by atoms with Crippen LogP contribution in [0.1, 0.15) is 20.8 Å². The Balaban J connectivity index is 2.00. The molecule has 2 rings (SSSR count). The van der Waals surface area contributed by atoms with Crippen molar-refractivity contribution in [2.24, 2.45) is 5.92 Å². The number of carbonyl (C=O) groups excluding carboxylic acids is 1. The maximum atomic E-state index is 13.3. The van der Waals surface area contributed by atoms with Gasteiger partial charge in [0.2, 0.25) is 11.1 Å². The monoisotopic (exact) mass is 323 g/mol. The molecule has 2 aromatic rings. The summed E-state index contributed by atoms with van der Waals surface area (Å²) < 4.78 is 14.7. The largest absolute Gasteiger partial charge is 0.353 e. The number of hydrogen-bond acceptors (Lipinski definition) is 5. The number of nitrogens with one attached hydrogen (secondary N) is 1. The van der Waals surface area contributed by atoms with Gasteiger partial charge in [-0.25, -0.2) is 4.39 Å². The number of carbonyl (C=O) groups is 1. The highest BCUT2D eigenvalue weighted by molar-refractivity contribution is 7.99. The maximum Gasteiger partial charge on any atom is 0.230 e. The first kappa shape index (κ1) is 16.4. The first-order valence-electron chi connectivity index (χ1n) is 6.94. The van der Waals surface area contributed by atoms with Crippen LogP contribution < -0.4 is 5.32 Å². The van der Waals surface area contributed by atoms with Crippen molar-refractivity contribution >= 4 is 17.7 Å². The highest BCUT2D eigenvalue weighted by Gasteiger charge is 2.14. The predicted octanol–water partition coefficient (Wildman–Crippen LogP) is 2.05. The molecular weight excluding hydrogens is 305 g/mol. The molecule has 0 unspecified atom stereocenters. The van der Waals surface area contributed by atoms with Crippen LogP contribution in [0.25, 0.3) is 5.69 Å². The number of aromatic nitrogens is 4. The topological polar surface area (TPSA) is 72.7 Å². The van der Waals surface area contributed by atoms with E-state index < -0.39 is 0 Å². The summed E-state index contributed by atoms with van der Waals surface area (Å²) in [6.07, 6.45) is 0. The number of tetrazole rings is 1. The molecule has 118 valence electrons. The molecule has 1 N–H and O–H groups in total. The number of nitrogens with zero attached hydrogens (tertiary/aromatic N) is 4. The van der Waals surface area contributed by atoms with Crippen LogP contribution in [-0.4, -0.2) is 37.9 Å². The Morgan fingerprint density at radius 2 is 2.18 bits per heavy atom. The van der Waals surface area contributed by atoms with E-state index in [1.54, 1.807) is 12.1 Å². The Hall–Kier alpha value is -1.96. The molecule has 0 saturated heterocycles. The lowest BCUT2D eigenvalue weighted by molar-refractivity contribution is -0.119. The number of thioether (sulfide) groups is 1. The molecule has 22 heavy (non-hydrogen) atoms. The number of halogens is 1. The van der Waals surface area contributed by atoms with Crippen LogP contribution in [0.15, 0.2) is 29.4 Å². The van der Waals surface area contributed by atoms with Gasteiger partial charge in [0.25, 0.3) is 0 Å². The molecule has 0 bridgehead atoms. The fourth-order valence-corrected chi connectivity index (χ4v) is 2.33. The van der Waals surface area contributed by atoms with Crippen LogP contribution >= 0.6 is 11.8 Å². The van der Waals surface area contributed by atoms with Gasteiger partial charge in [0, 0.05) is 6.04 Å². The predicted molar refractivity (Wildman–Crippen MR) is 82.3 cm³/mol. The summed E-state index contributed by atoms with van der Waals surface area (Å²) in [6, 6.07) is 6.07. The molecule has 1 atom stereocenters. The van der Waals surface area contributed by atoms with E-state index in [0.29, 0.717) is 16.8 Å². The number of benzene rings is 1. The maximum absolute atomic E-state index is 13.3. The highest BCUT2D eigenvalue weighted by Crippen LogP contribution is 2.18. The fourth-order valence-electron chi connectivity index (χ4n) is 1.63. The normalized spacial score (nSPS) is 12.4. The molecule has 0 aliphatic rings. The Morgan fingerprint density at radius 1 is 1.41 bits per heavy atom. The zero-order valence-corrected chi connectivity index (χ0v) is 13.5. The van der Waals surface area contributed by atoms with Crippen LogP contribution in [0.5, 0.6) is 0 Å². The quantitative estimate of drug-likeness (QED) is 0.824. The second-order valence-corrected chi connectivity index (χ2v) is 6.18. The van der Waals surface area contributed by atoms with Gasteiger partial charge < -0.3 is 5.32 Å². The van der Waals surface area contributed by atoms with Gasteiger partial charge in [-0.2, -0.15) is 4.68 Å². The molecule has 6 nitrogen and oxygen atoms in total. The number of amides is 1. The van der Waals surface area contributed by atoms with Crippen LogP contribution in [0.3, 0.4) is 0 Å². The van der Waals surface area contributed by atoms with Gasteiger partial charge in [-0.05, 0) is 41.5 Å². The van der Waals surface area contributed by atoms with Gasteiger partial charge in [-0.1, -0.05) is 31.7 Å². The summed E-state index contributed by atoms with van der Waals surface area (Å²) in [6.45, 7) is 6.05. The Morgan fingerprint density at radius 3 is 2.86 bits per heavy atom. The molecule has 0 saturated carbocycles. The fraction of sp³-hybridized carbons (Fsp3) is 0.429. The van der Waals surface area contributed by atoms with Gasteiger partial charge in [0.05, 0.1) is 11.4 Å². The smallest absolute Gasteiger partial charge is 0.230 e. The first-order valence-corrected chi connectivity index (χ1v) is 7.92. The summed E-state index contributed by atoms with van der Waals surface area (Å²) in [7, 11) is 0. The number of hydrogen-bond donors (Lipinski definition) is 1. The molecule has 0 radical (unpaired) electrons. The molecule has 1 aromatic carbocycles. The summed E-state index contributed by atoms with van der Waals surface area (Å²) in [5, 5.41) is 14.6. The van der Waals surface area contributed by atoms with E-state index >= 15 is 0 Å². The molecule has 8 heteroatoms. The van der Waals surface area contributed by atoms with Gasteiger partial charge in [-0.3, -0.25) is 4.79 Å². The lowest BCUT2D eigenvalue weighted by Gasteiger charge is -2.17. The minimum atomic E-state index is -0.368. The zero-order chi connectivity index (χ0) is 16.1. The van der Waals surface area contributed by atoms with Crippen molar-refractivity contribution in [1.82, 2.24) is 25.5 Å². The van der Waals surface area contributed by atoms with E-state index in [2.05, 4.69) is 20.8 Å². The molecule has 0 aliphatic heterocycles. The Kier molecular flexibility index (Phi) is 5.48. The minimum Gasteiger partial charge on any atom is -0.353 e. The lowest BCUT2D eigenvalue weighted by atomic mass is 10.1. The van der Waals surface area contributed by atoms with E-state index in [0.717, 1.165) is 0 Å². The van der Waals surface area contributed by atoms with E-state index in [-0.39, 0.29) is 23.5 Å². The van der Waals surface area contributed by atoms with Crippen molar-refractivity contribution in [3.05, 3.63) is 30.1 Å². The van der Waals surface area contributed by atoms with E-state index in [1.807, 2.05) is 20.8 Å². The van der Waals surface area contributed by atoms with E-state index in [9.17, 15) is 9.18 Å². The van der Waals surface area contributed by atoms with E-state index in [1.165, 1.54) is 28.6 Å². The average Bonchev–Trinajstić information content (AvgIpc) is 2.93. The van der Waals surface area contributed by atoms with Gasteiger partial charge >= 0.3 is 0 Å². The van der Waals surface area contributed by atoms with Crippen molar-refractivity contribution in [3.8, 4) is 5.69 Å². The molecule has 0 aliphatic carbocycles. The van der Waals surface area contributed by atoms with Gasteiger partial charge in [0.1, 0.15) is 5.82 Å². The van der Waals surface area contributed by atoms with Gasteiger partial charge in [0.15, 0.2) is 0 Å². The Bertz CT molecular complexity index is 646. The van der Waals surface area contributed by atoms with Crippen molar-refractivity contribution in [3.63, 3.8) is 0 Å². The summed E-state index contributed by atoms with van der Waals surface area (Å²) >= 11 is 1.21. The SMILES string of the molecule is CC(C)[C@@H](C)NC(=O)CSc1nnnn1-c1cccc(F)c1. The molecule has 0 spiro atoms. The standard InChI is InChI=1S/C14H18FN5OS/c1-9(2)10(3)16-13(21)8-22-14-17-18-19-20(14)12-6-4-5-11(15)7-12/h4-7,9-10H,8H2,1-3H3,(H,16,21)/t10-/m1/s1. The Labute approximate surface area is 132 Å². The second kappa shape index (κ2) is 7.35. The van der Waals surface area contributed by atoms with Crippen molar-refractivity contribution < 1.29 is 9.18 Å². The first-order chi connectivity index (χ1) is 10.5. The van der Waals surface area contributed by atoms with Crippen molar-refractivity contribution in [2.45, 2.75) is 32.0 Å². The van der Waals surface area contributed by atoms with Crippen molar-refractivity contribution in [1.29, 1.82) is 0 Å². The van der Waals surface area contributed by atoms with Crippen molar-refractivity contribution in [2.75, 3.05) is 5.75 Å². The van der Waals surface area contributed by atoms with Crippen LogP contribution in [0, 0.1) is 11.7 Å². The average molecular weight is 323 g/mol. The number of rotatable bonds is 6. The van der Waals surface area contributed by atoms with Crippen LogP contribution in [0.4, 0.5) is 4.39 Å². The third-order valence-electron chi connectivity index (χ3n) is 3.21. The van der Waals surface area contributed by atoms with E-state index in [4.69, 9.17) is 0 Å².